The second-order valence-corrected chi connectivity index (χ2v) is 9.39. The van der Waals surface area contributed by atoms with E-state index < -0.39 is 36.3 Å². The molecule has 2 aromatic carbocycles. The molecule has 1 aliphatic heterocycles. The van der Waals surface area contributed by atoms with E-state index in [1.807, 2.05) is 24.3 Å². The summed E-state index contributed by atoms with van der Waals surface area (Å²) in [5.74, 6) is -0.685. The highest BCUT2D eigenvalue weighted by Crippen LogP contribution is 2.34. The smallest absolute Gasteiger partial charge is 0.383 e. The lowest BCUT2D eigenvalue weighted by Gasteiger charge is -2.30. The van der Waals surface area contributed by atoms with E-state index in [4.69, 9.17) is 4.74 Å². The number of alkyl halides is 4. The van der Waals surface area contributed by atoms with Crippen molar-refractivity contribution in [2.24, 2.45) is 0 Å². The first-order chi connectivity index (χ1) is 17.0. The van der Waals surface area contributed by atoms with Gasteiger partial charge in [-0.2, -0.15) is 13.2 Å². The molecule has 0 radical (unpaired) electrons. The molecular formula is C26H34F4N4O2. The standard InChI is InChI=1S/C26H34F4N4O2/c1-25(2,27)18-22(33-23(26(28,29)30)19-6-4-3-5-7-19)24(35)32-13-12-31-20-8-10-21(11-9-20)34-14-16-36-17-15-34/h3-11,22-23,31,33H,12-18H2,1-2H3,(H,32,35)/t22-,23-/m0/s1. The monoisotopic (exact) mass is 510 g/mol. The number of anilines is 2. The number of hydrogen-bond donors (Lipinski definition) is 3. The summed E-state index contributed by atoms with van der Waals surface area (Å²) in [7, 11) is 0. The zero-order chi connectivity index (χ0) is 26.2. The van der Waals surface area contributed by atoms with Crippen LogP contribution in [-0.2, 0) is 9.53 Å². The minimum absolute atomic E-state index is 0.0401. The summed E-state index contributed by atoms with van der Waals surface area (Å²) in [5.41, 5.74) is 0.0590. The molecule has 0 saturated carbocycles. The van der Waals surface area contributed by atoms with Crippen molar-refractivity contribution < 1.29 is 27.1 Å². The number of morpholine rings is 1. The van der Waals surface area contributed by atoms with Crippen molar-refractivity contribution >= 4 is 17.3 Å². The Kier molecular flexibility index (Phi) is 9.56. The maximum absolute atomic E-state index is 14.4. The van der Waals surface area contributed by atoms with E-state index in [1.165, 1.54) is 38.1 Å². The number of hydrogen-bond acceptors (Lipinski definition) is 5. The number of nitrogens with one attached hydrogen (secondary N) is 3. The number of carbonyl (C=O) groups is 1. The molecule has 198 valence electrons. The molecule has 6 nitrogen and oxygen atoms in total. The molecular weight excluding hydrogens is 476 g/mol. The molecule has 0 spiro atoms. The highest BCUT2D eigenvalue weighted by Gasteiger charge is 2.43. The van der Waals surface area contributed by atoms with E-state index in [0.717, 1.165) is 24.5 Å². The van der Waals surface area contributed by atoms with Crippen molar-refractivity contribution in [1.82, 2.24) is 10.6 Å². The summed E-state index contributed by atoms with van der Waals surface area (Å²) in [6.07, 6.45) is -5.07. The van der Waals surface area contributed by atoms with Gasteiger partial charge in [0.05, 0.1) is 19.3 Å². The van der Waals surface area contributed by atoms with Gasteiger partial charge in [0.25, 0.3) is 0 Å². The summed E-state index contributed by atoms with van der Waals surface area (Å²) >= 11 is 0. The molecule has 2 aromatic rings. The van der Waals surface area contributed by atoms with Gasteiger partial charge in [0.2, 0.25) is 5.91 Å². The second-order valence-electron chi connectivity index (χ2n) is 9.39. The Balaban J connectivity index is 1.56. The SMILES string of the molecule is CC(C)(F)C[C@H](N[C@@H](c1ccccc1)C(F)(F)F)C(=O)NCCNc1ccc(N2CCOCC2)cc1. The quantitative estimate of drug-likeness (QED) is 0.308. The highest BCUT2D eigenvalue weighted by molar-refractivity contribution is 5.82. The van der Waals surface area contributed by atoms with Gasteiger partial charge in [-0.15, -0.1) is 0 Å². The predicted molar refractivity (Wildman–Crippen MR) is 133 cm³/mol. The van der Waals surface area contributed by atoms with E-state index in [1.54, 1.807) is 6.07 Å². The van der Waals surface area contributed by atoms with Crippen LogP contribution in [-0.4, -0.2) is 63.2 Å². The largest absolute Gasteiger partial charge is 0.407 e. The molecule has 36 heavy (non-hydrogen) atoms. The highest BCUT2D eigenvalue weighted by atomic mass is 19.4. The third-order valence-electron chi connectivity index (χ3n) is 5.83. The number of carbonyl (C=O) groups excluding carboxylic acids is 1. The van der Waals surface area contributed by atoms with Gasteiger partial charge in [-0.05, 0) is 43.7 Å². The number of rotatable bonds is 11. The van der Waals surface area contributed by atoms with E-state index in [9.17, 15) is 22.4 Å². The van der Waals surface area contributed by atoms with E-state index in [-0.39, 0.29) is 12.1 Å². The van der Waals surface area contributed by atoms with Crippen LogP contribution < -0.4 is 20.9 Å². The normalized spacial score (nSPS) is 16.3. The Morgan fingerprint density at radius 2 is 1.61 bits per heavy atom. The Morgan fingerprint density at radius 1 is 0.972 bits per heavy atom. The molecule has 0 aliphatic carbocycles. The van der Waals surface area contributed by atoms with Crippen LogP contribution >= 0.6 is 0 Å². The molecule has 1 aliphatic rings. The van der Waals surface area contributed by atoms with Crippen LogP contribution in [0.2, 0.25) is 0 Å². The van der Waals surface area contributed by atoms with Crippen LogP contribution in [0.5, 0.6) is 0 Å². The fourth-order valence-electron chi connectivity index (χ4n) is 4.07. The van der Waals surface area contributed by atoms with Crippen LogP contribution in [0.1, 0.15) is 31.9 Å². The topological polar surface area (TPSA) is 65.6 Å². The number of amides is 1. The number of nitrogens with zero attached hydrogens (tertiary/aromatic N) is 1. The van der Waals surface area contributed by atoms with Crippen molar-refractivity contribution in [3.05, 3.63) is 60.2 Å². The van der Waals surface area contributed by atoms with Crippen molar-refractivity contribution in [1.29, 1.82) is 0 Å². The maximum atomic E-state index is 14.4. The lowest BCUT2D eigenvalue weighted by atomic mass is 9.97. The van der Waals surface area contributed by atoms with Crippen LogP contribution in [0, 0.1) is 0 Å². The Hall–Kier alpha value is -2.85. The maximum Gasteiger partial charge on any atom is 0.407 e. The van der Waals surface area contributed by atoms with Gasteiger partial charge in [-0.25, -0.2) is 4.39 Å². The van der Waals surface area contributed by atoms with Gasteiger partial charge in [0.15, 0.2) is 0 Å². The van der Waals surface area contributed by atoms with E-state index >= 15 is 0 Å². The first kappa shape index (κ1) is 27.7. The molecule has 0 bridgehead atoms. The minimum atomic E-state index is -4.66. The molecule has 0 unspecified atom stereocenters. The van der Waals surface area contributed by atoms with Gasteiger partial charge in [-0.1, -0.05) is 30.3 Å². The van der Waals surface area contributed by atoms with Gasteiger partial charge >= 0.3 is 6.18 Å². The molecule has 1 saturated heterocycles. The van der Waals surface area contributed by atoms with Crippen molar-refractivity contribution in [2.75, 3.05) is 49.6 Å². The summed E-state index contributed by atoms with van der Waals surface area (Å²) in [5, 5.41) is 8.15. The Labute approximate surface area is 209 Å². The van der Waals surface area contributed by atoms with E-state index in [0.29, 0.717) is 19.8 Å². The van der Waals surface area contributed by atoms with Crippen LogP contribution in [0.3, 0.4) is 0 Å². The lowest BCUT2D eigenvalue weighted by molar-refractivity contribution is -0.161. The fraction of sp³-hybridized carbons (Fsp3) is 0.500. The molecule has 3 rings (SSSR count). The zero-order valence-electron chi connectivity index (χ0n) is 20.6. The van der Waals surface area contributed by atoms with Gasteiger partial charge in [0, 0.05) is 44.0 Å². The molecule has 0 aromatic heterocycles. The van der Waals surface area contributed by atoms with Crippen molar-refractivity contribution in [3.63, 3.8) is 0 Å². The first-order valence-electron chi connectivity index (χ1n) is 12.0. The summed E-state index contributed by atoms with van der Waals surface area (Å²) in [4.78, 5) is 15.0. The lowest BCUT2D eigenvalue weighted by Crippen LogP contribution is -2.51. The minimum Gasteiger partial charge on any atom is -0.383 e. The molecule has 2 atom stereocenters. The number of ether oxygens (including phenoxy) is 1. The molecule has 1 amide bonds. The molecule has 1 fully saturated rings. The average Bonchev–Trinajstić information content (AvgIpc) is 2.84. The third-order valence-corrected chi connectivity index (χ3v) is 5.83. The van der Waals surface area contributed by atoms with E-state index in [2.05, 4.69) is 20.9 Å². The number of benzene rings is 2. The van der Waals surface area contributed by atoms with Gasteiger partial charge in [-0.3, -0.25) is 10.1 Å². The predicted octanol–water partition coefficient (Wildman–Crippen LogP) is 4.45. The van der Waals surface area contributed by atoms with Crippen LogP contribution in [0.15, 0.2) is 54.6 Å². The summed E-state index contributed by atoms with van der Waals surface area (Å²) < 4.78 is 61.2. The Morgan fingerprint density at radius 3 is 2.19 bits per heavy atom. The molecule has 10 heteroatoms. The van der Waals surface area contributed by atoms with Crippen molar-refractivity contribution in [2.45, 2.75) is 44.2 Å². The zero-order valence-corrected chi connectivity index (χ0v) is 20.6. The van der Waals surface area contributed by atoms with Crippen LogP contribution in [0.25, 0.3) is 0 Å². The number of halogens is 4. The third kappa shape index (κ3) is 8.67. The van der Waals surface area contributed by atoms with Gasteiger partial charge < -0.3 is 20.3 Å². The fourth-order valence-corrected chi connectivity index (χ4v) is 4.07. The second kappa shape index (κ2) is 12.4. The van der Waals surface area contributed by atoms with Gasteiger partial charge in [0.1, 0.15) is 11.7 Å². The average molecular weight is 511 g/mol. The molecule has 1 heterocycles. The Bertz CT molecular complexity index is 943. The summed E-state index contributed by atoms with van der Waals surface area (Å²) in [6.45, 7) is 6.07. The van der Waals surface area contributed by atoms with Crippen LogP contribution in [0.4, 0.5) is 28.9 Å². The van der Waals surface area contributed by atoms with Crippen molar-refractivity contribution in [3.8, 4) is 0 Å². The first-order valence-corrected chi connectivity index (χ1v) is 12.0. The molecule has 3 N–H and O–H groups in total. The summed E-state index contributed by atoms with van der Waals surface area (Å²) in [6, 6.07) is 11.6.